The summed E-state index contributed by atoms with van der Waals surface area (Å²) in [6.07, 6.45) is 0.618. The number of sulfone groups is 1. The van der Waals surface area contributed by atoms with Gasteiger partial charge in [0.15, 0.2) is 20.5 Å². The number of carbonyl (C=O) groups excluding carboxylic acids is 1. The van der Waals surface area contributed by atoms with Crippen molar-refractivity contribution in [1.82, 2.24) is 4.57 Å². The van der Waals surface area contributed by atoms with E-state index in [1.165, 1.54) is 28.8 Å². The first-order valence-electron chi connectivity index (χ1n) is 8.25. The number of nitrogens with zero attached hydrogens (tertiary/aromatic N) is 2. The fraction of sp³-hybridized carbons (Fsp3) is 0.222. The number of benzene rings is 2. The maximum atomic E-state index is 14.2. The average molecular weight is 445 g/mol. The maximum Gasteiger partial charge on any atom is 0.263 e. The van der Waals surface area contributed by atoms with Crippen molar-refractivity contribution in [3.63, 3.8) is 0 Å². The summed E-state index contributed by atoms with van der Waals surface area (Å²) in [5, 5.41) is 0.370. The van der Waals surface area contributed by atoms with Crippen molar-refractivity contribution < 1.29 is 22.0 Å². The molecule has 1 amide bonds. The summed E-state index contributed by atoms with van der Waals surface area (Å²) in [4.78, 5) is 16.2. The lowest BCUT2D eigenvalue weighted by molar-refractivity contribution is -0.115. The van der Waals surface area contributed by atoms with Crippen LogP contribution in [0.25, 0.3) is 10.2 Å². The number of carbonyl (C=O) groups is 1. The Morgan fingerprint density at radius 3 is 2.54 bits per heavy atom. The number of hydrogen-bond donors (Lipinski definition) is 0. The molecule has 0 aliphatic rings. The molecule has 3 aromatic rings. The fourth-order valence-electron chi connectivity index (χ4n) is 2.67. The third-order valence-corrected chi connectivity index (χ3v) is 6.74. The monoisotopic (exact) mass is 444 g/mol. The normalized spacial score (nSPS) is 12.6. The largest absolute Gasteiger partial charge is 0.314 e. The highest BCUT2D eigenvalue weighted by Crippen LogP contribution is 2.22. The predicted molar refractivity (Wildman–Crippen MR) is 104 cm³/mol. The van der Waals surface area contributed by atoms with Crippen LogP contribution in [0.2, 0.25) is 5.02 Å². The molecule has 1 heterocycles. The zero-order valence-corrected chi connectivity index (χ0v) is 17.0. The van der Waals surface area contributed by atoms with Gasteiger partial charge in [-0.25, -0.2) is 17.2 Å². The van der Waals surface area contributed by atoms with Crippen LogP contribution in [0.15, 0.2) is 46.3 Å². The highest BCUT2D eigenvalue weighted by molar-refractivity contribution is 7.92. The number of aryl methyl sites for hydroxylation is 1. The first kappa shape index (κ1) is 20.6. The standard InChI is InChI=1S/C18H15ClF2N2O3S2/c1-2-7-23-17-14(21)8-12(20)9-15(17)27-18(23)22-16(24)10-28(25,26)13-5-3-11(19)4-6-13/h3-6,8-9H,2,7,10H2,1H3. The summed E-state index contributed by atoms with van der Waals surface area (Å²) in [5.41, 5.74) is 0.139. The van der Waals surface area contributed by atoms with Gasteiger partial charge >= 0.3 is 0 Å². The second-order valence-corrected chi connectivity index (χ2v) is 9.42. The Morgan fingerprint density at radius 1 is 1.21 bits per heavy atom. The molecule has 1 aromatic heterocycles. The van der Waals surface area contributed by atoms with Crippen molar-refractivity contribution in [2.24, 2.45) is 4.99 Å². The molecule has 0 unspecified atom stereocenters. The highest BCUT2D eigenvalue weighted by Gasteiger charge is 2.20. The van der Waals surface area contributed by atoms with Crippen LogP contribution in [0.5, 0.6) is 0 Å². The third kappa shape index (κ3) is 4.31. The molecule has 0 spiro atoms. The van der Waals surface area contributed by atoms with E-state index in [4.69, 9.17) is 11.6 Å². The summed E-state index contributed by atoms with van der Waals surface area (Å²) in [6.45, 7) is 2.20. The molecule has 0 atom stereocenters. The minimum atomic E-state index is -3.91. The SMILES string of the molecule is CCCn1c(=NC(=O)CS(=O)(=O)c2ccc(Cl)cc2)sc2cc(F)cc(F)c21. The summed E-state index contributed by atoms with van der Waals surface area (Å²) in [7, 11) is -3.91. The highest BCUT2D eigenvalue weighted by atomic mass is 35.5. The van der Waals surface area contributed by atoms with E-state index in [2.05, 4.69) is 4.99 Å². The van der Waals surface area contributed by atoms with Crippen LogP contribution < -0.4 is 4.80 Å². The van der Waals surface area contributed by atoms with E-state index < -0.39 is 33.1 Å². The summed E-state index contributed by atoms with van der Waals surface area (Å²) < 4.78 is 54.2. The van der Waals surface area contributed by atoms with E-state index in [1.54, 1.807) is 0 Å². The van der Waals surface area contributed by atoms with E-state index in [0.29, 0.717) is 18.0 Å². The van der Waals surface area contributed by atoms with Crippen molar-refractivity contribution in [3.05, 3.63) is 57.9 Å². The number of amides is 1. The van der Waals surface area contributed by atoms with Crippen LogP contribution in [0.3, 0.4) is 0 Å². The first-order chi connectivity index (χ1) is 13.2. The average Bonchev–Trinajstić information content (AvgIpc) is 2.92. The topological polar surface area (TPSA) is 68.5 Å². The minimum absolute atomic E-state index is 0.0497. The maximum absolute atomic E-state index is 14.2. The third-order valence-electron chi connectivity index (χ3n) is 3.85. The lowest BCUT2D eigenvalue weighted by Gasteiger charge is -2.04. The van der Waals surface area contributed by atoms with Gasteiger partial charge in [0.05, 0.1) is 15.1 Å². The number of aromatic nitrogens is 1. The van der Waals surface area contributed by atoms with Crippen LogP contribution in [0, 0.1) is 11.6 Å². The molecule has 0 saturated carbocycles. The zero-order chi connectivity index (χ0) is 20.5. The van der Waals surface area contributed by atoms with Crippen LogP contribution in [-0.4, -0.2) is 24.6 Å². The molecule has 5 nitrogen and oxygen atoms in total. The van der Waals surface area contributed by atoms with Gasteiger partial charge in [-0.05, 0) is 36.8 Å². The molecule has 0 saturated heterocycles. The van der Waals surface area contributed by atoms with Crippen molar-refractivity contribution in [2.75, 3.05) is 5.75 Å². The van der Waals surface area contributed by atoms with Gasteiger partial charge in [-0.3, -0.25) is 4.79 Å². The van der Waals surface area contributed by atoms with E-state index in [0.717, 1.165) is 23.5 Å². The molecule has 0 radical (unpaired) electrons. The second kappa shape index (κ2) is 8.10. The Hall–Kier alpha value is -2.10. The van der Waals surface area contributed by atoms with Gasteiger partial charge in [-0.2, -0.15) is 4.99 Å². The first-order valence-corrected chi connectivity index (χ1v) is 11.1. The van der Waals surface area contributed by atoms with E-state index in [9.17, 15) is 22.0 Å². The Kier molecular flexibility index (Phi) is 5.97. The fourth-order valence-corrected chi connectivity index (χ4v) is 5.02. The number of rotatable bonds is 5. The van der Waals surface area contributed by atoms with E-state index in [1.807, 2.05) is 6.92 Å². The molecule has 0 N–H and O–H groups in total. The molecule has 28 heavy (non-hydrogen) atoms. The van der Waals surface area contributed by atoms with Crippen molar-refractivity contribution in [1.29, 1.82) is 0 Å². The van der Waals surface area contributed by atoms with Gasteiger partial charge in [0.2, 0.25) is 0 Å². The van der Waals surface area contributed by atoms with Gasteiger partial charge in [0.25, 0.3) is 5.91 Å². The van der Waals surface area contributed by atoms with Crippen molar-refractivity contribution in [2.45, 2.75) is 24.8 Å². The Morgan fingerprint density at radius 2 is 1.89 bits per heavy atom. The summed E-state index contributed by atoms with van der Waals surface area (Å²) in [5.74, 6) is -3.24. The molecule has 0 fully saturated rings. The van der Waals surface area contributed by atoms with Gasteiger partial charge < -0.3 is 4.57 Å². The van der Waals surface area contributed by atoms with Crippen LogP contribution in [0.4, 0.5) is 8.78 Å². The second-order valence-electron chi connectivity index (χ2n) is 5.99. The number of thiazole rings is 1. The summed E-state index contributed by atoms with van der Waals surface area (Å²) >= 11 is 6.67. The molecular weight excluding hydrogens is 430 g/mol. The van der Waals surface area contributed by atoms with Gasteiger partial charge in [0, 0.05) is 17.6 Å². The van der Waals surface area contributed by atoms with E-state index in [-0.39, 0.29) is 19.9 Å². The molecule has 10 heteroatoms. The number of fused-ring (bicyclic) bond motifs is 1. The van der Waals surface area contributed by atoms with Gasteiger partial charge in [-0.1, -0.05) is 29.9 Å². The lowest BCUT2D eigenvalue weighted by Crippen LogP contribution is -2.21. The molecular formula is C18H15ClF2N2O3S2. The lowest BCUT2D eigenvalue weighted by atomic mass is 10.3. The minimum Gasteiger partial charge on any atom is -0.314 e. The molecule has 0 aliphatic carbocycles. The van der Waals surface area contributed by atoms with Crippen molar-refractivity contribution >= 4 is 48.9 Å². The zero-order valence-electron chi connectivity index (χ0n) is 14.7. The molecule has 3 rings (SSSR count). The molecule has 2 aromatic carbocycles. The van der Waals surface area contributed by atoms with Crippen LogP contribution in [0.1, 0.15) is 13.3 Å². The quantitative estimate of drug-likeness (QED) is 0.598. The summed E-state index contributed by atoms with van der Waals surface area (Å²) in [6, 6.07) is 7.35. The van der Waals surface area contributed by atoms with Gasteiger partial charge in [-0.15, -0.1) is 0 Å². The van der Waals surface area contributed by atoms with E-state index >= 15 is 0 Å². The van der Waals surface area contributed by atoms with Gasteiger partial charge in [0.1, 0.15) is 11.6 Å². The number of halogens is 3. The van der Waals surface area contributed by atoms with Crippen LogP contribution in [-0.2, 0) is 21.2 Å². The molecule has 148 valence electrons. The number of hydrogen-bond acceptors (Lipinski definition) is 4. The Balaban J connectivity index is 2.01. The van der Waals surface area contributed by atoms with Crippen LogP contribution >= 0.6 is 22.9 Å². The Bertz CT molecular complexity index is 1220. The Labute approximate surface area is 168 Å². The smallest absolute Gasteiger partial charge is 0.263 e. The van der Waals surface area contributed by atoms with Crippen molar-refractivity contribution in [3.8, 4) is 0 Å². The molecule has 0 bridgehead atoms. The molecule has 0 aliphatic heterocycles. The predicted octanol–water partition coefficient (Wildman–Crippen LogP) is 3.95.